The van der Waals surface area contributed by atoms with Crippen LogP contribution in [0.2, 0.25) is 0 Å². The SMILES string of the molecule is CCOC(=O)C1=C(C)N=c2s/c(=C/c3ccc(OC)cc3)c(=O)n2[C@H]1c1cc(OC)c(OCC)cc1Br. The number of ether oxygens (including phenoxy) is 4. The van der Waals surface area contributed by atoms with Crippen molar-refractivity contribution >= 4 is 39.3 Å². The Hall–Kier alpha value is -3.37. The molecular formula is C27H27BrN2O6S. The van der Waals surface area contributed by atoms with Gasteiger partial charge in [0.25, 0.3) is 5.56 Å². The van der Waals surface area contributed by atoms with Crippen molar-refractivity contribution in [3.63, 3.8) is 0 Å². The molecule has 1 aromatic heterocycles. The molecule has 0 spiro atoms. The molecular weight excluding hydrogens is 560 g/mol. The highest BCUT2D eigenvalue weighted by Gasteiger charge is 2.35. The number of rotatable bonds is 8. The number of halogens is 1. The number of methoxy groups -OCH3 is 2. The molecule has 8 nitrogen and oxygen atoms in total. The zero-order valence-corrected chi connectivity index (χ0v) is 23.6. The quantitative estimate of drug-likeness (QED) is 0.371. The molecule has 1 aliphatic heterocycles. The fraction of sp³-hybridized carbons (Fsp3) is 0.296. The van der Waals surface area contributed by atoms with Gasteiger partial charge in [0.05, 0.1) is 49.3 Å². The minimum atomic E-state index is -0.785. The molecule has 0 saturated carbocycles. The lowest BCUT2D eigenvalue weighted by Gasteiger charge is -2.26. The second-order valence-corrected chi connectivity index (χ2v) is 9.90. The number of carbonyl (C=O) groups excluding carboxylic acids is 1. The first-order chi connectivity index (χ1) is 17.8. The van der Waals surface area contributed by atoms with Gasteiger partial charge in [-0.25, -0.2) is 9.79 Å². The van der Waals surface area contributed by atoms with Crippen molar-refractivity contribution in [2.75, 3.05) is 27.4 Å². The first-order valence-corrected chi connectivity index (χ1v) is 13.3. The molecule has 10 heteroatoms. The Balaban J connectivity index is 1.97. The van der Waals surface area contributed by atoms with Gasteiger partial charge in [-0.2, -0.15) is 0 Å². The van der Waals surface area contributed by atoms with Gasteiger partial charge in [0.15, 0.2) is 16.3 Å². The number of benzene rings is 2. The second-order valence-electron chi connectivity index (χ2n) is 8.03. The van der Waals surface area contributed by atoms with Gasteiger partial charge in [0.2, 0.25) is 0 Å². The number of hydrogen-bond acceptors (Lipinski definition) is 8. The van der Waals surface area contributed by atoms with Crippen molar-refractivity contribution in [2.24, 2.45) is 4.99 Å². The van der Waals surface area contributed by atoms with Gasteiger partial charge < -0.3 is 18.9 Å². The summed E-state index contributed by atoms with van der Waals surface area (Å²) in [6, 6.07) is 10.2. The highest BCUT2D eigenvalue weighted by atomic mass is 79.9. The fourth-order valence-corrected chi connectivity index (χ4v) is 5.71. The number of thiazole rings is 1. The van der Waals surface area contributed by atoms with E-state index in [2.05, 4.69) is 20.9 Å². The summed E-state index contributed by atoms with van der Waals surface area (Å²) < 4.78 is 24.6. The van der Waals surface area contributed by atoms with E-state index in [1.54, 1.807) is 50.8 Å². The Labute approximate surface area is 226 Å². The van der Waals surface area contributed by atoms with Gasteiger partial charge in [0.1, 0.15) is 5.75 Å². The standard InChI is InChI=1S/C27H27BrN2O6S/c1-6-35-21-14-19(28)18(13-20(21)34-5)24-23(26(32)36-7-2)15(3)29-27-30(24)25(31)22(37-27)12-16-8-10-17(33-4)11-9-16/h8-14,24H,6-7H2,1-5H3/b22-12+/t24-/m0/s1. The van der Waals surface area contributed by atoms with E-state index < -0.39 is 12.0 Å². The van der Waals surface area contributed by atoms with E-state index in [-0.39, 0.29) is 17.7 Å². The van der Waals surface area contributed by atoms with Crippen LogP contribution in [0.5, 0.6) is 17.2 Å². The predicted molar refractivity (Wildman–Crippen MR) is 145 cm³/mol. The van der Waals surface area contributed by atoms with E-state index >= 15 is 0 Å². The highest BCUT2D eigenvalue weighted by molar-refractivity contribution is 9.10. The van der Waals surface area contributed by atoms with Crippen LogP contribution in [-0.4, -0.2) is 38.0 Å². The summed E-state index contributed by atoms with van der Waals surface area (Å²) in [6.45, 7) is 6.02. The summed E-state index contributed by atoms with van der Waals surface area (Å²) in [7, 11) is 3.15. The molecule has 0 saturated heterocycles. The molecule has 2 aromatic carbocycles. The van der Waals surface area contributed by atoms with Gasteiger partial charge >= 0.3 is 5.97 Å². The van der Waals surface area contributed by atoms with Crippen LogP contribution in [0.25, 0.3) is 6.08 Å². The lowest BCUT2D eigenvalue weighted by molar-refractivity contribution is -0.139. The number of aromatic nitrogens is 1. The molecule has 0 radical (unpaired) electrons. The molecule has 0 amide bonds. The van der Waals surface area contributed by atoms with Crippen LogP contribution in [0.4, 0.5) is 0 Å². The molecule has 0 fully saturated rings. The Morgan fingerprint density at radius 2 is 1.84 bits per heavy atom. The maximum atomic E-state index is 13.8. The molecule has 1 aliphatic rings. The van der Waals surface area contributed by atoms with Crippen molar-refractivity contribution in [1.29, 1.82) is 0 Å². The van der Waals surface area contributed by atoms with E-state index in [9.17, 15) is 9.59 Å². The summed E-state index contributed by atoms with van der Waals surface area (Å²) >= 11 is 4.89. The number of fused-ring (bicyclic) bond motifs is 1. The number of carbonyl (C=O) groups is 1. The predicted octanol–water partition coefficient (Wildman–Crippen LogP) is 3.98. The molecule has 37 heavy (non-hydrogen) atoms. The minimum absolute atomic E-state index is 0.192. The van der Waals surface area contributed by atoms with Crippen LogP contribution in [-0.2, 0) is 9.53 Å². The van der Waals surface area contributed by atoms with E-state index in [1.807, 2.05) is 31.2 Å². The van der Waals surface area contributed by atoms with Gasteiger partial charge in [-0.3, -0.25) is 9.36 Å². The normalized spacial score (nSPS) is 15.2. The van der Waals surface area contributed by atoms with Crippen molar-refractivity contribution in [3.05, 3.63) is 83.0 Å². The average Bonchev–Trinajstić information content (AvgIpc) is 3.18. The van der Waals surface area contributed by atoms with Crippen LogP contribution < -0.4 is 29.1 Å². The molecule has 4 rings (SSSR count). The van der Waals surface area contributed by atoms with Crippen LogP contribution in [0, 0.1) is 0 Å². The topological polar surface area (TPSA) is 88.4 Å². The molecule has 1 atom stereocenters. The molecule has 3 aromatic rings. The summed E-state index contributed by atoms with van der Waals surface area (Å²) in [5, 5.41) is 0. The van der Waals surface area contributed by atoms with Crippen molar-refractivity contribution in [1.82, 2.24) is 4.57 Å². The van der Waals surface area contributed by atoms with Crippen LogP contribution in [0.1, 0.15) is 37.9 Å². The summed E-state index contributed by atoms with van der Waals surface area (Å²) in [6.07, 6.45) is 1.80. The number of esters is 1. The minimum Gasteiger partial charge on any atom is -0.497 e. The maximum Gasteiger partial charge on any atom is 0.338 e. The van der Waals surface area contributed by atoms with E-state index in [0.717, 1.165) is 11.3 Å². The smallest absolute Gasteiger partial charge is 0.338 e. The van der Waals surface area contributed by atoms with Crippen LogP contribution >= 0.6 is 27.3 Å². The monoisotopic (exact) mass is 586 g/mol. The third-order valence-corrected chi connectivity index (χ3v) is 7.48. The van der Waals surface area contributed by atoms with E-state index in [0.29, 0.717) is 43.2 Å². The largest absolute Gasteiger partial charge is 0.497 e. The number of nitrogens with zero attached hydrogens (tertiary/aromatic N) is 2. The fourth-order valence-electron chi connectivity index (χ4n) is 4.13. The molecule has 194 valence electrons. The Kier molecular flexibility index (Phi) is 8.19. The highest BCUT2D eigenvalue weighted by Crippen LogP contribution is 2.41. The lowest BCUT2D eigenvalue weighted by Crippen LogP contribution is -2.40. The molecule has 0 aliphatic carbocycles. The van der Waals surface area contributed by atoms with Crippen molar-refractivity contribution in [3.8, 4) is 17.2 Å². The second kappa shape index (κ2) is 11.4. The van der Waals surface area contributed by atoms with Gasteiger partial charge in [-0.1, -0.05) is 39.4 Å². The maximum absolute atomic E-state index is 13.8. The first-order valence-electron chi connectivity index (χ1n) is 11.7. The van der Waals surface area contributed by atoms with E-state index in [1.165, 1.54) is 11.3 Å². The Morgan fingerprint density at radius 1 is 1.11 bits per heavy atom. The zero-order chi connectivity index (χ0) is 26.7. The Bertz CT molecular complexity index is 1540. The lowest BCUT2D eigenvalue weighted by atomic mass is 9.95. The number of hydrogen-bond donors (Lipinski definition) is 0. The zero-order valence-electron chi connectivity index (χ0n) is 21.2. The van der Waals surface area contributed by atoms with Crippen LogP contribution in [0.15, 0.2) is 61.9 Å². The summed E-state index contributed by atoms with van der Waals surface area (Å²) in [4.78, 5) is 32.1. The van der Waals surface area contributed by atoms with Gasteiger partial charge in [-0.15, -0.1) is 0 Å². The third-order valence-electron chi connectivity index (χ3n) is 5.81. The number of allylic oxidation sites excluding steroid dienone is 1. The molecule has 0 N–H and O–H groups in total. The van der Waals surface area contributed by atoms with Gasteiger partial charge in [-0.05, 0) is 62.2 Å². The first kappa shape index (κ1) is 26.7. The van der Waals surface area contributed by atoms with Crippen molar-refractivity contribution < 1.29 is 23.7 Å². The summed E-state index contributed by atoms with van der Waals surface area (Å²) in [5.74, 6) is 1.23. The average molecular weight is 587 g/mol. The van der Waals surface area contributed by atoms with Crippen LogP contribution in [0.3, 0.4) is 0 Å². The molecule has 2 heterocycles. The van der Waals surface area contributed by atoms with Gasteiger partial charge in [0, 0.05) is 4.47 Å². The van der Waals surface area contributed by atoms with Crippen molar-refractivity contribution in [2.45, 2.75) is 26.8 Å². The van der Waals surface area contributed by atoms with E-state index in [4.69, 9.17) is 18.9 Å². The summed E-state index contributed by atoms with van der Waals surface area (Å²) in [5.41, 5.74) is 2.00. The third kappa shape index (κ3) is 5.21. The molecule has 0 bridgehead atoms. The Morgan fingerprint density at radius 3 is 2.46 bits per heavy atom. The molecule has 0 unspecified atom stereocenters.